The molecule has 0 saturated heterocycles. The van der Waals surface area contributed by atoms with Crippen molar-refractivity contribution in [2.45, 2.75) is 33.6 Å². The minimum Gasteiger partial charge on any atom is -0.0909 e. The van der Waals surface area contributed by atoms with E-state index in [0.717, 1.165) is 0 Å². The maximum Gasteiger partial charge on any atom is 0.0121 e. The first-order valence-corrected chi connectivity index (χ1v) is 7.20. The molecular formula is C16H19I. The third-order valence-electron chi connectivity index (χ3n) is 3.81. The molecule has 0 aromatic rings. The van der Waals surface area contributed by atoms with E-state index >= 15 is 0 Å². The predicted octanol–water partition coefficient (Wildman–Crippen LogP) is 5.49. The fourth-order valence-corrected chi connectivity index (χ4v) is 3.08. The Bertz CT molecular complexity index is 482. The van der Waals surface area contributed by atoms with E-state index < -0.39 is 0 Å². The standard InChI is InChI=1S/C16H19I/c1-5-12(17)10-15-11(2)13-8-6-7-9-14(13)16(15,3)4/h5-6,8,10H,2,7,9H2,1,3-4H3/b12-5+,15-10+. The number of rotatable bonds is 1. The van der Waals surface area contributed by atoms with Crippen LogP contribution in [0.1, 0.15) is 33.6 Å². The molecule has 17 heavy (non-hydrogen) atoms. The molecule has 1 heteroatoms. The second-order valence-corrected chi connectivity index (χ2v) is 6.41. The molecule has 0 fully saturated rings. The van der Waals surface area contributed by atoms with Crippen molar-refractivity contribution in [1.82, 2.24) is 0 Å². The molecule has 2 rings (SSSR count). The molecule has 0 N–H and O–H groups in total. The lowest BCUT2D eigenvalue weighted by molar-refractivity contribution is 0.539. The largest absolute Gasteiger partial charge is 0.0909 e. The average Bonchev–Trinajstić information content (AvgIpc) is 2.51. The molecule has 0 amide bonds. The summed E-state index contributed by atoms with van der Waals surface area (Å²) in [4.78, 5) is 0. The molecule has 0 saturated carbocycles. The first-order valence-electron chi connectivity index (χ1n) is 6.12. The van der Waals surface area contributed by atoms with Crippen LogP contribution in [-0.2, 0) is 0 Å². The molecule has 0 aromatic carbocycles. The molecule has 0 radical (unpaired) electrons. The minimum absolute atomic E-state index is 0.149. The predicted molar refractivity (Wildman–Crippen MR) is 84.2 cm³/mol. The van der Waals surface area contributed by atoms with Crippen LogP contribution in [0, 0.1) is 5.41 Å². The van der Waals surface area contributed by atoms with Gasteiger partial charge in [0.05, 0.1) is 0 Å². The van der Waals surface area contributed by atoms with Crippen molar-refractivity contribution in [2.24, 2.45) is 5.41 Å². The Morgan fingerprint density at radius 1 is 1.47 bits per heavy atom. The summed E-state index contributed by atoms with van der Waals surface area (Å²) in [6.45, 7) is 11.0. The van der Waals surface area contributed by atoms with E-state index in [9.17, 15) is 0 Å². The van der Waals surface area contributed by atoms with E-state index in [2.05, 4.69) is 74.2 Å². The topological polar surface area (TPSA) is 0 Å². The van der Waals surface area contributed by atoms with Crippen molar-refractivity contribution < 1.29 is 0 Å². The lowest BCUT2D eigenvalue weighted by Crippen LogP contribution is -2.14. The van der Waals surface area contributed by atoms with E-state index in [1.165, 1.54) is 33.1 Å². The van der Waals surface area contributed by atoms with Crippen LogP contribution in [-0.4, -0.2) is 0 Å². The fourth-order valence-electron chi connectivity index (χ4n) is 2.77. The minimum atomic E-state index is 0.149. The number of halogens is 1. The van der Waals surface area contributed by atoms with Crippen molar-refractivity contribution in [3.05, 3.63) is 56.8 Å². The van der Waals surface area contributed by atoms with Gasteiger partial charge in [-0.05, 0) is 65.2 Å². The zero-order chi connectivity index (χ0) is 12.6. The second kappa shape index (κ2) is 4.60. The summed E-state index contributed by atoms with van der Waals surface area (Å²) in [6.07, 6.45) is 11.3. The molecule has 0 aromatic heterocycles. The summed E-state index contributed by atoms with van der Waals surface area (Å²) in [7, 11) is 0. The fraction of sp³-hybridized carbons (Fsp3) is 0.375. The monoisotopic (exact) mass is 338 g/mol. The Morgan fingerprint density at radius 3 is 2.76 bits per heavy atom. The maximum absolute atomic E-state index is 4.29. The Labute approximate surface area is 118 Å². The number of allylic oxidation sites excluding steroid dienone is 9. The molecule has 0 aliphatic heterocycles. The Balaban J connectivity index is 2.52. The van der Waals surface area contributed by atoms with Crippen LogP contribution in [0.4, 0.5) is 0 Å². The van der Waals surface area contributed by atoms with E-state index in [1.807, 2.05) is 0 Å². The van der Waals surface area contributed by atoms with Gasteiger partial charge in [0.25, 0.3) is 0 Å². The summed E-state index contributed by atoms with van der Waals surface area (Å²) in [5.74, 6) is 0. The van der Waals surface area contributed by atoms with Crippen LogP contribution in [0.15, 0.2) is 56.8 Å². The highest BCUT2D eigenvalue weighted by Crippen LogP contribution is 2.53. The van der Waals surface area contributed by atoms with Gasteiger partial charge in [-0.1, -0.05) is 44.2 Å². The third kappa shape index (κ3) is 2.10. The van der Waals surface area contributed by atoms with Crippen molar-refractivity contribution in [2.75, 3.05) is 0 Å². The van der Waals surface area contributed by atoms with Gasteiger partial charge < -0.3 is 0 Å². The van der Waals surface area contributed by atoms with E-state index in [1.54, 1.807) is 5.57 Å². The van der Waals surface area contributed by atoms with Crippen molar-refractivity contribution >= 4 is 22.6 Å². The normalized spacial score (nSPS) is 25.8. The highest BCUT2D eigenvalue weighted by Gasteiger charge is 2.38. The van der Waals surface area contributed by atoms with Crippen LogP contribution in [0.2, 0.25) is 0 Å². The Morgan fingerprint density at radius 2 is 2.18 bits per heavy atom. The molecule has 0 unspecified atom stereocenters. The maximum atomic E-state index is 4.29. The van der Waals surface area contributed by atoms with Crippen LogP contribution in [0.3, 0.4) is 0 Å². The SMILES string of the molecule is C=C1C2=C(CCC=C2)C(C)(C)/C1=C/C(I)=C\C. The summed E-state index contributed by atoms with van der Waals surface area (Å²) >= 11 is 2.38. The molecule has 2 aliphatic rings. The van der Waals surface area contributed by atoms with Gasteiger partial charge in [0.2, 0.25) is 0 Å². The van der Waals surface area contributed by atoms with Crippen LogP contribution < -0.4 is 0 Å². The van der Waals surface area contributed by atoms with Gasteiger partial charge in [-0.2, -0.15) is 0 Å². The van der Waals surface area contributed by atoms with Crippen LogP contribution >= 0.6 is 22.6 Å². The summed E-state index contributed by atoms with van der Waals surface area (Å²) < 4.78 is 1.29. The van der Waals surface area contributed by atoms with Gasteiger partial charge in [-0.3, -0.25) is 0 Å². The molecule has 90 valence electrons. The number of hydrogen-bond donors (Lipinski definition) is 0. The highest BCUT2D eigenvalue weighted by molar-refractivity contribution is 14.1. The van der Waals surface area contributed by atoms with Crippen molar-refractivity contribution in [3.8, 4) is 0 Å². The summed E-state index contributed by atoms with van der Waals surface area (Å²) in [5, 5.41) is 0. The van der Waals surface area contributed by atoms with Gasteiger partial charge in [0, 0.05) is 8.99 Å². The smallest absolute Gasteiger partial charge is 0.0121 e. The van der Waals surface area contributed by atoms with Crippen LogP contribution in [0.25, 0.3) is 0 Å². The molecule has 0 atom stereocenters. The quantitative estimate of drug-likeness (QED) is 0.554. The van der Waals surface area contributed by atoms with Gasteiger partial charge >= 0.3 is 0 Å². The Kier molecular flexibility index (Phi) is 3.48. The molecule has 0 heterocycles. The first-order chi connectivity index (χ1) is 7.98. The van der Waals surface area contributed by atoms with Gasteiger partial charge in [-0.15, -0.1) is 0 Å². The molecular weight excluding hydrogens is 319 g/mol. The van der Waals surface area contributed by atoms with Crippen molar-refractivity contribution in [1.29, 1.82) is 0 Å². The van der Waals surface area contributed by atoms with E-state index in [4.69, 9.17) is 0 Å². The van der Waals surface area contributed by atoms with Gasteiger partial charge in [0.15, 0.2) is 0 Å². The Hall–Kier alpha value is -0.570. The molecule has 2 aliphatic carbocycles. The first kappa shape index (κ1) is 12.9. The number of hydrogen-bond acceptors (Lipinski definition) is 0. The highest BCUT2D eigenvalue weighted by atomic mass is 127. The second-order valence-electron chi connectivity index (χ2n) is 5.17. The zero-order valence-corrected chi connectivity index (χ0v) is 13.0. The summed E-state index contributed by atoms with van der Waals surface area (Å²) in [6, 6.07) is 0. The van der Waals surface area contributed by atoms with E-state index in [0.29, 0.717) is 0 Å². The van der Waals surface area contributed by atoms with Gasteiger partial charge in [-0.25, -0.2) is 0 Å². The molecule has 0 spiro atoms. The zero-order valence-electron chi connectivity index (χ0n) is 10.8. The lowest BCUT2D eigenvalue weighted by atomic mass is 9.78. The molecule has 0 nitrogen and oxygen atoms in total. The van der Waals surface area contributed by atoms with Crippen LogP contribution in [0.5, 0.6) is 0 Å². The summed E-state index contributed by atoms with van der Waals surface area (Å²) in [5.41, 5.74) is 5.70. The average molecular weight is 338 g/mol. The lowest BCUT2D eigenvalue weighted by Gasteiger charge is -2.25. The molecule has 0 bridgehead atoms. The van der Waals surface area contributed by atoms with E-state index in [-0.39, 0.29) is 5.41 Å². The third-order valence-corrected chi connectivity index (χ3v) is 4.74. The van der Waals surface area contributed by atoms with Crippen molar-refractivity contribution in [3.63, 3.8) is 0 Å². The van der Waals surface area contributed by atoms with Gasteiger partial charge in [0.1, 0.15) is 0 Å².